The topological polar surface area (TPSA) is 35.9 Å². The van der Waals surface area contributed by atoms with E-state index in [2.05, 4.69) is 155 Å². The van der Waals surface area contributed by atoms with Crippen molar-refractivity contribution in [3.05, 3.63) is 295 Å². The van der Waals surface area contributed by atoms with Crippen molar-refractivity contribution in [3.63, 3.8) is 0 Å². The summed E-state index contributed by atoms with van der Waals surface area (Å²) in [5.74, 6) is 1.61. The van der Waals surface area contributed by atoms with Gasteiger partial charge in [-0.25, -0.2) is 4.98 Å². The van der Waals surface area contributed by atoms with E-state index in [1.807, 2.05) is 112 Å². The molecule has 0 radical (unpaired) electrons. The fraction of sp³-hybridized carbons (Fsp3) is 0.182. The molecule has 0 N–H and O–H groups in total. The molecular formula is C88H80N4OSi. The van der Waals surface area contributed by atoms with Gasteiger partial charge >= 0.3 is 0 Å². The summed E-state index contributed by atoms with van der Waals surface area (Å²) in [4.78, 5) is 4.94. The zero-order valence-corrected chi connectivity index (χ0v) is 55.9. The second kappa shape index (κ2) is 22.6. The minimum Gasteiger partial charge on any atom is -0.458 e. The highest BCUT2D eigenvalue weighted by Crippen LogP contribution is 2.48. The smallest absolute Gasteiger partial charge is 0.269 e. The van der Waals surface area contributed by atoms with Crippen LogP contribution >= 0.6 is 0 Å². The van der Waals surface area contributed by atoms with Crippen LogP contribution in [0.15, 0.2) is 267 Å². The molecule has 0 saturated carbocycles. The van der Waals surface area contributed by atoms with Crippen molar-refractivity contribution < 1.29 is 29.9 Å². The van der Waals surface area contributed by atoms with Gasteiger partial charge in [0.15, 0.2) is 8.07 Å². The van der Waals surface area contributed by atoms with Crippen LogP contribution in [0.1, 0.15) is 126 Å². The fourth-order valence-electron chi connectivity index (χ4n) is 13.5. The van der Waals surface area contributed by atoms with Gasteiger partial charge in [0.25, 0.3) is 6.33 Å². The number of ether oxygens (including phenoxy) is 1. The van der Waals surface area contributed by atoms with E-state index in [-0.39, 0.29) is 21.4 Å². The van der Waals surface area contributed by atoms with Gasteiger partial charge in [-0.2, -0.15) is 0 Å². The highest BCUT2D eigenvalue weighted by Gasteiger charge is 2.43. The van der Waals surface area contributed by atoms with Crippen LogP contribution in [-0.4, -0.2) is 22.2 Å². The Kier molecular flexibility index (Phi) is 10.9. The monoisotopic (exact) mass is 1250 g/mol. The number of rotatable bonds is 9. The highest BCUT2D eigenvalue weighted by molar-refractivity contribution is 7.20. The molecule has 11 aromatic carbocycles. The van der Waals surface area contributed by atoms with Gasteiger partial charge in [-0.3, -0.25) is 13.7 Å². The average Bonchev–Trinajstić information content (AvgIpc) is 1.40. The Bertz CT molecular complexity index is 5940. The number of hydrogen-bond acceptors (Lipinski definition) is 2. The van der Waals surface area contributed by atoms with Crippen LogP contribution in [0.5, 0.6) is 11.5 Å². The Hall–Kier alpha value is -10.1. The molecule has 5 nitrogen and oxygen atoms in total. The first-order chi connectivity index (χ1) is 51.3. The van der Waals surface area contributed by atoms with Crippen LogP contribution in [0.2, 0.25) is 0 Å². The van der Waals surface area contributed by atoms with Gasteiger partial charge in [-0.15, -0.1) is 0 Å². The van der Waals surface area contributed by atoms with E-state index in [1.165, 1.54) is 0 Å². The van der Waals surface area contributed by atoms with Gasteiger partial charge in [0.1, 0.15) is 17.3 Å². The summed E-state index contributed by atoms with van der Waals surface area (Å²) in [6.45, 7) is 26.3. The molecule has 94 heavy (non-hydrogen) atoms. The van der Waals surface area contributed by atoms with E-state index in [0.29, 0.717) is 50.6 Å². The first kappa shape index (κ1) is 45.2. The molecular weight excluding hydrogens is 1160 g/mol. The van der Waals surface area contributed by atoms with E-state index >= 15 is 0 Å². The van der Waals surface area contributed by atoms with Gasteiger partial charge in [-0.05, 0) is 158 Å². The maximum atomic E-state index is 10.2. The molecule has 15 rings (SSSR count). The van der Waals surface area contributed by atoms with Gasteiger partial charge in [0.2, 0.25) is 0 Å². The molecule has 0 unspecified atom stereocenters. The Morgan fingerprint density at radius 2 is 0.915 bits per heavy atom. The lowest BCUT2D eigenvalue weighted by Gasteiger charge is -2.35. The molecule has 0 spiro atoms. The quantitative estimate of drug-likeness (QED) is 0.0625. The minimum atomic E-state index is -5.83. The molecule has 6 heteroatoms. The Morgan fingerprint density at radius 1 is 0.404 bits per heavy atom. The molecule has 0 bridgehead atoms. The molecule has 0 atom stereocenters. The molecule has 1 aliphatic rings. The van der Waals surface area contributed by atoms with Crippen molar-refractivity contribution >= 4 is 61.7 Å². The number of pyridine rings is 1. The lowest BCUT2D eigenvalue weighted by molar-refractivity contribution is -0.570. The highest BCUT2D eigenvalue weighted by atomic mass is 28.3. The van der Waals surface area contributed by atoms with Crippen molar-refractivity contribution in [1.82, 2.24) is 14.1 Å². The van der Waals surface area contributed by atoms with Gasteiger partial charge in [-0.1, -0.05) is 289 Å². The minimum absolute atomic E-state index is 0.0670. The SMILES string of the molecule is [2H]c1c([2H])c([2H])c([Si](c2cc3c4c(c2)n(-c2cccc(Oc5ccc6c7ccccc7n(-c7cc(C(C)(C)C)ccn7)c6c5)c2)[c-][n+]4-c2c(-c4cc(C(C)(C)C)cc(C(C)(C)C)c4)cc(C(C)(C)C)cc2-c2ccccc2-c2ccccc2-3)(c2c([2H])c([2H])c([2H])c([2H])c2[2H])c2c([2H])c([2H])c([2H])c([2H])c2[2H])c([2H])c1[2H]. The number of imidazole rings is 1. The lowest BCUT2D eigenvalue weighted by atomic mass is 9.77. The first-order valence-electron chi connectivity index (χ1n) is 39.4. The average molecular weight is 1250 g/mol. The number of para-hydroxylation sites is 1. The van der Waals surface area contributed by atoms with Crippen LogP contribution < -0.4 is 30.1 Å². The van der Waals surface area contributed by atoms with Crippen molar-refractivity contribution in [1.29, 1.82) is 0 Å². The van der Waals surface area contributed by atoms with Crippen LogP contribution in [0, 0.1) is 6.33 Å². The predicted octanol–water partition coefficient (Wildman–Crippen LogP) is 19.5. The molecule has 0 fully saturated rings. The van der Waals surface area contributed by atoms with Crippen molar-refractivity contribution in [3.8, 4) is 73.2 Å². The second-order valence-corrected chi connectivity index (χ2v) is 32.3. The standard InChI is InChI=1S/C88H80N4OSi/c1-85(2,3)59-45-46-89-82(52-59)92-79-42-27-26-41-74(79)75-44-43-65(54-80(75)92)93-64-30-28-29-63(53-64)90-57-91-83-76(58-47-60(86(4,5)6)49-61(48-58)87(7,8)9)50-62(88(10,11)12)51-77(83)72-39-24-22-37-70(72)71-38-23-25-40-73(71)78-55-69(56-81(90)84(78)91)94(66-31-16-13-17-32-66,67-33-18-14-19-34-67)68-35-20-15-21-36-68/h13-56H,1-12H3/i13D,14D,15D,16D,17D,18D,19D,20D,21D,31D,32D,33D,34D,35D,36D. The molecule has 462 valence electrons. The maximum Gasteiger partial charge on any atom is 0.269 e. The van der Waals surface area contributed by atoms with Gasteiger partial charge in [0.05, 0.1) is 54.0 Å². The number of hydrogen-bond donors (Lipinski definition) is 0. The zero-order valence-electron chi connectivity index (χ0n) is 69.9. The summed E-state index contributed by atoms with van der Waals surface area (Å²) in [7, 11) is -5.83. The molecule has 4 heterocycles. The summed E-state index contributed by atoms with van der Waals surface area (Å²) in [6.07, 6.45) is 5.78. The number of fused-ring (bicyclic) bond motifs is 10. The third-order valence-electron chi connectivity index (χ3n) is 18.5. The number of benzene rings is 11. The molecule has 1 aliphatic heterocycles. The normalized spacial score (nSPS) is 14.9. The Morgan fingerprint density at radius 3 is 1.50 bits per heavy atom. The molecule has 0 aliphatic carbocycles. The van der Waals surface area contributed by atoms with Crippen LogP contribution in [-0.2, 0) is 21.7 Å². The lowest BCUT2D eigenvalue weighted by Crippen LogP contribution is -2.74. The summed E-state index contributed by atoms with van der Waals surface area (Å²) < 4.78 is 159. The van der Waals surface area contributed by atoms with Crippen molar-refractivity contribution in [2.75, 3.05) is 0 Å². The van der Waals surface area contributed by atoms with Gasteiger partial charge < -0.3 is 4.74 Å². The Balaban J connectivity index is 1.15. The van der Waals surface area contributed by atoms with Crippen LogP contribution in [0.4, 0.5) is 0 Å². The van der Waals surface area contributed by atoms with Crippen LogP contribution in [0.25, 0.3) is 94.5 Å². The van der Waals surface area contributed by atoms with E-state index < -0.39 is 120 Å². The largest absolute Gasteiger partial charge is 0.458 e. The summed E-state index contributed by atoms with van der Waals surface area (Å²) in [5.41, 5.74) is 12.7. The summed E-state index contributed by atoms with van der Waals surface area (Å²) >= 11 is 0. The van der Waals surface area contributed by atoms with E-state index in [1.54, 1.807) is 12.1 Å². The van der Waals surface area contributed by atoms with E-state index in [0.717, 1.165) is 77.7 Å². The van der Waals surface area contributed by atoms with Crippen molar-refractivity contribution in [2.45, 2.75) is 105 Å². The first-order valence-corrected chi connectivity index (χ1v) is 33.9. The zero-order chi connectivity index (χ0) is 78.1. The summed E-state index contributed by atoms with van der Waals surface area (Å²) in [6, 6.07) is 43.4. The molecule has 0 amide bonds. The predicted molar refractivity (Wildman–Crippen MR) is 396 cm³/mol. The number of nitrogens with zero attached hydrogens (tertiary/aromatic N) is 4. The Labute approximate surface area is 576 Å². The fourth-order valence-corrected chi connectivity index (χ4v) is 17.3. The molecule has 14 aromatic rings. The number of aromatic nitrogens is 4. The molecule has 3 aromatic heterocycles. The third-order valence-corrected chi connectivity index (χ3v) is 22.7. The maximum absolute atomic E-state index is 10.2. The van der Waals surface area contributed by atoms with E-state index in [9.17, 15) is 16.4 Å². The second-order valence-electron chi connectivity index (χ2n) is 28.8. The van der Waals surface area contributed by atoms with Crippen LogP contribution in [0.3, 0.4) is 0 Å². The molecule has 0 saturated heterocycles. The summed E-state index contributed by atoms with van der Waals surface area (Å²) in [5, 5.41) is 0.0964. The van der Waals surface area contributed by atoms with Crippen molar-refractivity contribution in [2.24, 2.45) is 0 Å². The van der Waals surface area contributed by atoms with Gasteiger partial charge in [0, 0.05) is 23.0 Å². The van der Waals surface area contributed by atoms with E-state index in [4.69, 9.17) is 13.8 Å². The third kappa shape index (κ3) is 10.3.